The fourth-order valence-electron chi connectivity index (χ4n) is 1.53. The standard InChI is InChI=1S/C12H20N2O3S/c1-10(2)5-3-4-8-14-18(16,17)11-6-7-12(15)13-9-11/h6-7,9-10,14H,3-5,8H2,1-2H3,(H,13,15). The van der Waals surface area contributed by atoms with Gasteiger partial charge >= 0.3 is 0 Å². The molecular formula is C12H20N2O3S. The van der Waals surface area contributed by atoms with Gasteiger partial charge in [-0.05, 0) is 18.4 Å². The molecule has 0 radical (unpaired) electrons. The van der Waals surface area contributed by atoms with Gasteiger partial charge < -0.3 is 4.98 Å². The second-order valence-corrected chi connectivity index (χ2v) is 6.44. The van der Waals surface area contributed by atoms with Crippen LogP contribution in [0.5, 0.6) is 0 Å². The van der Waals surface area contributed by atoms with Crippen LogP contribution in [-0.4, -0.2) is 19.9 Å². The molecule has 102 valence electrons. The lowest BCUT2D eigenvalue weighted by atomic mass is 10.1. The molecule has 1 heterocycles. The Balaban J connectivity index is 2.45. The van der Waals surface area contributed by atoms with Crippen molar-refractivity contribution < 1.29 is 8.42 Å². The van der Waals surface area contributed by atoms with Crippen molar-refractivity contribution in [3.63, 3.8) is 0 Å². The summed E-state index contributed by atoms with van der Waals surface area (Å²) in [6, 6.07) is 2.50. The summed E-state index contributed by atoms with van der Waals surface area (Å²) in [7, 11) is -3.50. The molecule has 0 saturated carbocycles. The molecule has 0 unspecified atom stereocenters. The number of aromatic nitrogens is 1. The van der Waals surface area contributed by atoms with Gasteiger partial charge in [0.15, 0.2) is 0 Å². The molecule has 1 rings (SSSR count). The molecular weight excluding hydrogens is 252 g/mol. The fourth-order valence-corrected chi connectivity index (χ4v) is 2.57. The molecule has 0 aliphatic carbocycles. The highest BCUT2D eigenvalue weighted by Gasteiger charge is 2.12. The van der Waals surface area contributed by atoms with Crippen molar-refractivity contribution in [2.24, 2.45) is 5.92 Å². The van der Waals surface area contributed by atoms with Gasteiger partial charge in [0, 0.05) is 18.8 Å². The van der Waals surface area contributed by atoms with Crippen molar-refractivity contribution in [3.8, 4) is 0 Å². The number of hydrogen-bond donors (Lipinski definition) is 2. The van der Waals surface area contributed by atoms with Crippen LogP contribution in [0, 0.1) is 5.92 Å². The SMILES string of the molecule is CC(C)CCCCNS(=O)(=O)c1ccc(=O)[nH]c1. The second kappa shape index (κ2) is 6.70. The van der Waals surface area contributed by atoms with Gasteiger partial charge in [-0.25, -0.2) is 13.1 Å². The molecule has 1 aromatic rings. The van der Waals surface area contributed by atoms with Crippen LogP contribution in [0.25, 0.3) is 0 Å². The van der Waals surface area contributed by atoms with Gasteiger partial charge in [0.1, 0.15) is 0 Å². The number of sulfonamides is 1. The second-order valence-electron chi connectivity index (χ2n) is 4.68. The van der Waals surface area contributed by atoms with E-state index in [4.69, 9.17) is 0 Å². The smallest absolute Gasteiger partial charge is 0.247 e. The van der Waals surface area contributed by atoms with Crippen LogP contribution in [0.15, 0.2) is 28.0 Å². The van der Waals surface area contributed by atoms with Gasteiger partial charge in [0.2, 0.25) is 15.6 Å². The number of pyridine rings is 1. The van der Waals surface area contributed by atoms with E-state index in [1.807, 2.05) is 0 Å². The molecule has 6 heteroatoms. The molecule has 0 amide bonds. The highest BCUT2D eigenvalue weighted by atomic mass is 32.2. The first kappa shape index (κ1) is 14.9. The maximum atomic E-state index is 11.8. The topological polar surface area (TPSA) is 79.0 Å². The zero-order valence-electron chi connectivity index (χ0n) is 10.8. The van der Waals surface area contributed by atoms with Gasteiger partial charge in [-0.3, -0.25) is 4.79 Å². The summed E-state index contributed by atoms with van der Waals surface area (Å²) in [5.41, 5.74) is -0.314. The highest BCUT2D eigenvalue weighted by Crippen LogP contribution is 2.07. The number of aromatic amines is 1. The Morgan fingerprint density at radius 2 is 2.00 bits per heavy atom. The summed E-state index contributed by atoms with van der Waals surface area (Å²) in [6.45, 7) is 4.71. The van der Waals surface area contributed by atoms with E-state index < -0.39 is 10.0 Å². The summed E-state index contributed by atoms with van der Waals surface area (Å²) in [6.07, 6.45) is 4.13. The zero-order valence-corrected chi connectivity index (χ0v) is 11.6. The summed E-state index contributed by atoms with van der Waals surface area (Å²) >= 11 is 0. The molecule has 0 bridgehead atoms. The molecule has 1 aromatic heterocycles. The lowest BCUT2D eigenvalue weighted by Gasteiger charge is -2.07. The molecule has 0 saturated heterocycles. The average Bonchev–Trinajstić information content (AvgIpc) is 2.28. The first-order valence-corrected chi connectivity index (χ1v) is 7.58. The van der Waals surface area contributed by atoms with Crippen LogP contribution < -0.4 is 10.3 Å². The van der Waals surface area contributed by atoms with E-state index in [0.717, 1.165) is 19.3 Å². The predicted molar refractivity (Wildman–Crippen MR) is 70.9 cm³/mol. The number of H-pyrrole nitrogens is 1. The molecule has 0 aliphatic rings. The Labute approximate surface area is 108 Å². The van der Waals surface area contributed by atoms with Gasteiger partial charge in [0.05, 0.1) is 4.90 Å². The Kier molecular flexibility index (Phi) is 5.55. The van der Waals surface area contributed by atoms with Crippen LogP contribution in [0.2, 0.25) is 0 Å². The third-order valence-electron chi connectivity index (χ3n) is 2.57. The first-order chi connectivity index (χ1) is 8.42. The van der Waals surface area contributed by atoms with E-state index in [1.54, 1.807) is 0 Å². The van der Waals surface area contributed by atoms with E-state index in [-0.39, 0.29) is 10.5 Å². The summed E-state index contributed by atoms with van der Waals surface area (Å²) < 4.78 is 26.1. The third kappa shape index (κ3) is 5.01. The lowest BCUT2D eigenvalue weighted by Crippen LogP contribution is -2.25. The van der Waals surface area contributed by atoms with Gasteiger partial charge in [0.25, 0.3) is 0 Å². The Bertz CT molecular complexity index is 500. The zero-order chi connectivity index (χ0) is 13.6. The van der Waals surface area contributed by atoms with Crippen LogP contribution in [0.3, 0.4) is 0 Å². The number of hydrogen-bond acceptors (Lipinski definition) is 3. The lowest BCUT2D eigenvalue weighted by molar-refractivity contribution is 0.530. The predicted octanol–water partition coefficient (Wildman–Crippen LogP) is 1.48. The Hall–Kier alpha value is -1.14. The Morgan fingerprint density at radius 1 is 1.28 bits per heavy atom. The van der Waals surface area contributed by atoms with Gasteiger partial charge in [-0.15, -0.1) is 0 Å². The van der Waals surface area contributed by atoms with Crippen LogP contribution in [-0.2, 0) is 10.0 Å². The molecule has 0 spiro atoms. The maximum absolute atomic E-state index is 11.8. The van der Waals surface area contributed by atoms with Crippen molar-refractivity contribution in [1.29, 1.82) is 0 Å². The van der Waals surface area contributed by atoms with E-state index >= 15 is 0 Å². The normalized spacial score (nSPS) is 11.9. The number of unbranched alkanes of at least 4 members (excludes halogenated alkanes) is 1. The third-order valence-corrected chi connectivity index (χ3v) is 4.02. The highest BCUT2D eigenvalue weighted by molar-refractivity contribution is 7.89. The Morgan fingerprint density at radius 3 is 2.56 bits per heavy atom. The van der Waals surface area contributed by atoms with Crippen molar-refractivity contribution >= 4 is 10.0 Å². The van der Waals surface area contributed by atoms with E-state index in [1.165, 1.54) is 18.3 Å². The molecule has 0 aromatic carbocycles. The van der Waals surface area contributed by atoms with Crippen LogP contribution >= 0.6 is 0 Å². The van der Waals surface area contributed by atoms with Gasteiger partial charge in [-0.2, -0.15) is 0 Å². The maximum Gasteiger partial charge on any atom is 0.247 e. The molecule has 5 nitrogen and oxygen atoms in total. The van der Waals surface area contributed by atoms with Crippen molar-refractivity contribution in [1.82, 2.24) is 9.71 Å². The quantitative estimate of drug-likeness (QED) is 0.738. The minimum absolute atomic E-state index is 0.0889. The van der Waals surface area contributed by atoms with Crippen molar-refractivity contribution in [3.05, 3.63) is 28.7 Å². The van der Waals surface area contributed by atoms with Crippen LogP contribution in [0.4, 0.5) is 0 Å². The number of rotatable bonds is 7. The average molecular weight is 272 g/mol. The minimum Gasteiger partial charge on any atom is -0.328 e. The van der Waals surface area contributed by atoms with E-state index in [9.17, 15) is 13.2 Å². The molecule has 0 atom stereocenters. The van der Waals surface area contributed by atoms with Crippen LogP contribution in [0.1, 0.15) is 33.1 Å². The molecule has 2 N–H and O–H groups in total. The van der Waals surface area contributed by atoms with Gasteiger partial charge in [-0.1, -0.05) is 26.7 Å². The largest absolute Gasteiger partial charge is 0.328 e. The summed E-state index contributed by atoms with van der Waals surface area (Å²) in [4.78, 5) is 13.3. The summed E-state index contributed by atoms with van der Waals surface area (Å²) in [5, 5.41) is 0. The number of nitrogens with one attached hydrogen (secondary N) is 2. The minimum atomic E-state index is -3.50. The van der Waals surface area contributed by atoms with Crippen molar-refractivity contribution in [2.45, 2.75) is 38.0 Å². The van der Waals surface area contributed by atoms with E-state index in [0.29, 0.717) is 12.5 Å². The molecule has 0 fully saturated rings. The molecule has 18 heavy (non-hydrogen) atoms. The van der Waals surface area contributed by atoms with E-state index in [2.05, 4.69) is 23.6 Å². The summed E-state index contributed by atoms with van der Waals surface area (Å²) in [5.74, 6) is 0.640. The first-order valence-electron chi connectivity index (χ1n) is 6.10. The molecule has 0 aliphatic heterocycles. The van der Waals surface area contributed by atoms with Crippen molar-refractivity contribution in [2.75, 3.05) is 6.54 Å². The monoisotopic (exact) mass is 272 g/mol. The fraction of sp³-hybridized carbons (Fsp3) is 0.583.